The van der Waals surface area contributed by atoms with E-state index in [1.54, 1.807) is 13.8 Å². The van der Waals surface area contributed by atoms with Crippen LogP contribution in [0.15, 0.2) is 0 Å². The summed E-state index contributed by atoms with van der Waals surface area (Å²) >= 11 is 0. The maximum atomic E-state index is 12.5. The Morgan fingerprint density at radius 3 is 2.14 bits per heavy atom. The molecule has 1 aliphatic heterocycles. The molecule has 7 heteroatoms. The molecular formula is C15H28N2O5. The predicted octanol–water partition coefficient (Wildman–Crippen LogP) is 0.359. The van der Waals surface area contributed by atoms with E-state index in [1.165, 1.54) is 0 Å². The summed E-state index contributed by atoms with van der Waals surface area (Å²) in [7, 11) is 0. The number of nitrogens with one attached hydrogen (secondary N) is 1. The molecule has 0 saturated carbocycles. The van der Waals surface area contributed by atoms with Gasteiger partial charge < -0.3 is 25.3 Å². The molecule has 7 nitrogen and oxygen atoms in total. The molecule has 0 radical (unpaired) electrons. The second kappa shape index (κ2) is 9.76. The lowest BCUT2D eigenvalue weighted by atomic mass is 9.95. The maximum absolute atomic E-state index is 12.5. The van der Waals surface area contributed by atoms with Gasteiger partial charge in [-0.25, -0.2) is 9.59 Å². The van der Waals surface area contributed by atoms with Gasteiger partial charge in [-0.2, -0.15) is 0 Å². The zero-order valence-corrected chi connectivity index (χ0v) is 13.6. The lowest BCUT2D eigenvalue weighted by molar-refractivity contribution is -0.201. The van der Waals surface area contributed by atoms with Crippen molar-refractivity contribution in [3.05, 3.63) is 0 Å². The zero-order valence-electron chi connectivity index (χ0n) is 13.6. The molecule has 0 atom stereocenters. The van der Waals surface area contributed by atoms with Crippen LogP contribution in [0, 0.1) is 0 Å². The molecule has 1 rings (SSSR count). The second-order valence-corrected chi connectivity index (χ2v) is 5.23. The molecule has 0 unspecified atom stereocenters. The SMILES string of the molecule is CCOC(=O)C(CCCN)(OC1CCNCC1)C(=O)OCC. The highest BCUT2D eigenvalue weighted by Gasteiger charge is 2.51. The number of rotatable bonds is 9. The Labute approximate surface area is 131 Å². The van der Waals surface area contributed by atoms with E-state index in [2.05, 4.69) is 5.32 Å². The van der Waals surface area contributed by atoms with Crippen molar-refractivity contribution in [3.8, 4) is 0 Å². The number of carbonyl (C=O) groups excluding carboxylic acids is 2. The average Bonchev–Trinajstić information content (AvgIpc) is 2.52. The zero-order chi connectivity index (χ0) is 16.4. The molecule has 1 heterocycles. The molecule has 3 N–H and O–H groups in total. The van der Waals surface area contributed by atoms with Gasteiger partial charge in [0.15, 0.2) is 0 Å². The van der Waals surface area contributed by atoms with Crippen molar-refractivity contribution in [1.29, 1.82) is 0 Å². The van der Waals surface area contributed by atoms with E-state index in [9.17, 15) is 9.59 Å². The molecular weight excluding hydrogens is 288 g/mol. The van der Waals surface area contributed by atoms with Gasteiger partial charge in [0.25, 0.3) is 5.60 Å². The molecule has 0 bridgehead atoms. The first kappa shape index (κ1) is 18.9. The fourth-order valence-corrected chi connectivity index (χ4v) is 2.49. The van der Waals surface area contributed by atoms with Crippen molar-refractivity contribution in [2.45, 2.75) is 51.2 Å². The minimum atomic E-state index is -1.70. The second-order valence-electron chi connectivity index (χ2n) is 5.23. The highest BCUT2D eigenvalue weighted by atomic mass is 16.6. The molecule has 1 fully saturated rings. The molecule has 0 aromatic carbocycles. The average molecular weight is 316 g/mol. The van der Waals surface area contributed by atoms with Crippen molar-refractivity contribution < 1.29 is 23.8 Å². The van der Waals surface area contributed by atoms with Gasteiger partial charge in [-0.1, -0.05) is 0 Å². The van der Waals surface area contributed by atoms with Crippen LogP contribution < -0.4 is 11.1 Å². The van der Waals surface area contributed by atoms with Gasteiger partial charge >= 0.3 is 11.9 Å². The van der Waals surface area contributed by atoms with E-state index in [0.717, 1.165) is 25.9 Å². The Morgan fingerprint density at radius 1 is 1.14 bits per heavy atom. The number of hydrogen-bond acceptors (Lipinski definition) is 7. The summed E-state index contributed by atoms with van der Waals surface area (Å²) in [6.45, 7) is 5.70. The summed E-state index contributed by atoms with van der Waals surface area (Å²) in [4.78, 5) is 24.9. The first-order chi connectivity index (χ1) is 10.6. The minimum absolute atomic E-state index is 0.172. The van der Waals surface area contributed by atoms with Gasteiger partial charge in [-0.3, -0.25) is 0 Å². The van der Waals surface area contributed by atoms with Gasteiger partial charge in [0.1, 0.15) is 0 Å². The maximum Gasteiger partial charge on any atom is 0.350 e. The summed E-state index contributed by atoms with van der Waals surface area (Å²) in [6.07, 6.45) is 1.95. The lowest BCUT2D eigenvalue weighted by Gasteiger charge is -2.34. The Balaban J connectivity index is 2.99. The Morgan fingerprint density at radius 2 is 1.68 bits per heavy atom. The number of hydrogen-bond donors (Lipinski definition) is 2. The van der Waals surface area contributed by atoms with Crippen LogP contribution in [-0.4, -0.2) is 56.5 Å². The minimum Gasteiger partial charge on any atom is -0.463 e. The summed E-state index contributed by atoms with van der Waals surface area (Å²) in [5.74, 6) is -1.36. The first-order valence-corrected chi connectivity index (χ1v) is 8.03. The molecule has 0 aromatic heterocycles. The molecule has 0 amide bonds. The van der Waals surface area contributed by atoms with Crippen molar-refractivity contribution in [3.63, 3.8) is 0 Å². The van der Waals surface area contributed by atoms with E-state index in [-0.39, 0.29) is 25.7 Å². The molecule has 128 valence electrons. The largest absolute Gasteiger partial charge is 0.463 e. The monoisotopic (exact) mass is 316 g/mol. The van der Waals surface area contributed by atoms with Crippen molar-refractivity contribution in [1.82, 2.24) is 5.32 Å². The molecule has 22 heavy (non-hydrogen) atoms. The van der Waals surface area contributed by atoms with E-state index >= 15 is 0 Å². The van der Waals surface area contributed by atoms with E-state index in [0.29, 0.717) is 13.0 Å². The third-order valence-electron chi connectivity index (χ3n) is 3.60. The predicted molar refractivity (Wildman–Crippen MR) is 81.3 cm³/mol. The van der Waals surface area contributed by atoms with Crippen LogP contribution in [0.25, 0.3) is 0 Å². The molecule has 1 saturated heterocycles. The quantitative estimate of drug-likeness (QED) is 0.468. The van der Waals surface area contributed by atoms with Crippen molar-refractivity contribution in [2.24, 2.45) is 5.73 Å². The Bertz CT molecular complexity index is 338. The van der Waals surface area contributed by atoms with Gasteiger partial charge in [0, 0.05) is 0 Å². The number of nitrogens with two attached hydrogens (primary N) is 1. The lowest BCUT2D eigenvalue weighted by Crippen LogP contribution is -2.54. The van der Waals surface area contributed by atoms with Crippen LogP contribution in [0.4, 0.5) is 0 Å². The van der Waals surface area contributed by atoms with E-state index in [1.807, 2.05) is 0 Å². The standard InChI is InChI=1S/C15H28N2O5/c1-3-20-13(18)15(8-5-9-16,14(19)21-4-2)22-12-6-10-17-11-7-12/h12,17H,3-11,16H2,1-2H3. The third-order valence-corrected chi connectivity index (χ3v) is 3.60. The van der Waals surface area contributed by atoms with Gasteiger partial charge in [0.2, 0.25) is 0 Å². The molecule has 0 aliphatic carbocycles. The number of esters is 2. The summed E-state index contributed by atoms with van der Waals surface area (Å²) in [5.41, 5.74) is 3.85. The molecule has 0 spiro atoms. The van der Waals surface area contributed by atoms with Crippen LogP contribution in [-0.2, 0) is 23.8 Å². The fraction of sp³-hybridized carbons (Fsp3) is 0.867. The number of ether oxygens (including phenoxy) is 3. The smallest absolute Gasteiger partial charge is 0.350 e. The number of piperidine rings is 1. The van der Waals surface area contributed by atoms with Crippen LogP contribution >= 0.6 is 0 Å². The van der Waals surface area contributed by atoms with Gasteiger partial charge in [-0.05, 0) is 59.2 Å². The summed E-state index contributed by atoms with van der Waals surface area (Å²) < 4.78 is 16.1. The van der Waals surface area contributed by atoms with Gasteiger partial charge in [0.05, 0.1) is 19.3 Å². The normalized spacial score (nSPS) is 16.3. The molecule has 0 aromatic rings. The van der Waals surface area contributed by atoms with Crippen LogP contribution in [0.3, 0.4) is 0 Å². The Hall–Kier alpha value is -1.18. The van der Waals surface area contributed by atoms with Crippen LogP contribution in [0.2, 0.25) is 0 Å². The third kappa shape index (κ3) is 4.93. The van der Waals surface area contributed by atoms with Crippen molar-refractivity contribution >= 4 is 11.9 Å². The first-order valence-electron chi connectivity index (χ1n) is 8.03. The van der Waals surface area contributed by atoms with Gasteiger partial charge in [-0.15, -0.1) is 0 Å². The van der Waals surface area contributed by atoms with E-state index in [4.69, 9.17) is 19.9 Å². The topological polar surface area (TPSA) is 99.9 Å². The van der Waals surface area contributed by atoms with Crippen LogP contribution in [0.5, 0.6) is 0 Å². The summed E-state index contributed by atoms with van der Waals surface area (Å²) in [6, 6.07) is 0. The number of carbonyl (C=O) groups is 2. The van der Waals surface area contributed by atoms with Crippen molar-refractivity contribution in [2.75, 3.05) is 32.8 Å². The van der Waals surface area contributed by atoms with Crippen LogP contribution in [0.1, 0.15) is 39.5 Å². The fourth-order valence-electron chi connectivity index (χ4n) is 2.49. The molecule has 1 aliphatic rings. The van der Waals surface area contributed by atoms with E-state index < -0.39 is 17.5 Å². The highest BCUT2D eigenvalue weighted by molar-refractivity contribution is 6.03. The summed E-state index contributed by atoms with van der Waals surface area (Å²) in [5, 5.41) is 3.22. The Kier molecular flexibility index (Phi) is 8.37. The highest BCUT2D eigenvalue weighted by Crippen LogP contribution is 2.27.